The number of amides is 1. The molecule has 0 spiro atoms. The summed E-state index contributed by atoms with van der Waals surface area (Å²) in [5.74, 6) is 1.30. The summed E-state index contributed by atoms with van der Waals surface area (Å²) in [6.45, 7) is 6.90. The summed E-state index contributed by atoms with van der Waals surface area (Å²) in [6, 6.07) is 11.2. The Bertz CT molecular complexity index is 858. The average molecular weight is 420 g/mol. The molecule has 3 rings (SSSR count). The fourth-order valence-electron chi connectivity index (χ4n) is 3.87. The lowest BCUT2D eigenvalue weighted by Crippen LogP contribution is -2.38. The molecule has 28 heavy (non-hydrogen) atoms. The highest BCUT2D eigenvalue weighted by Gasteiger charge is 2.44. The highest BCUT2D eigenvalue weighted by molar-refractivity contribution is 6.35. The van der Waals surface area contributed by atoms with Gasteiger partial charge in [-0.2, -0.15) is 0 Å². The van der Waals surface area contributed by atoms with Crippen LogP contribution >= 0.6 is 23.2 Å². The fraction of sp³-hybridized carbons (Fsp3) is 0.435. The zero-order valence-corrected chi connectivity index (χ0v) is 18.2. The molecule has 150 valence electrons. The van der Waals surface area contributed by atoms with Crippen molar-refractivity contribution in [1.29, 1.82) is 0 Å². The summed E-state index contributed by atoms with van der Waals surface area (Å²) in [4.78, 5) is 13.4. The number of halogens is 2. The average Bonchev–Trinajstić information content (AvgIpc) is 3.11. The van der Waals surface area contributed by atoms with Crippen molar-refractivity contribution in [2.24, 2.45) is 5.92 Å². The van der Waals surface area contributed by atoms with Gasteiger partial charge in [0, 0.05) is 15.7 Å². The van der Waals surface area contributed by atoms with Crippen molar-refractivity contribution in [2.75, 3.05) is 11.9 Å². The molecule has 0 unspecified atom stereocenters. The molecule has 0 atom stereocenters. The van der Waals surface area contributed by atoms with E-state index in [1.165, 1.54) is 0 Å². The minimum absolute atomic E-state index is 0.00975. The van der Waals surface area contributed by atoms with Gasteiger partial charge in [0.25, 0.3) is 0 Å². The van der Waals surface area contributed by atoms with Crippen molar-refractivity contribution in [3.63, 3.8) is 0 Å². The van der Waals surface area contributed by atoms with Crippen LogP contribution in [-0.4, -0.2) is 12.5 Å². The van der Waals surface area contributed by atoms with Gasteiger partial charge in [-0.15, -0.1) is 0 Å². The molecule has 0 radical (unpaired) electrons. The molecular weight excluding hydrogens is 393 g/mol. The van der Waals surface area contributed by atoms with Crippen LogP contribution in [0, 0.1) is 12.8 Å². The van der Waals surface area contributed by atoms with Crippen LogP contribution in [0.1, 0.15) is 50.7 Å². The Balaban J connectivity index is 1.83. The molecule has 0 heterocycles. The van der Waals surface area contributed by atoms with E-state index in [1.54, 1.807) is 12.1 Å². The number of rotatable bonds is 6. The van der Waals surface area contributed by atoms with Gasteiger partial charge >= 0.3 is 0 Å². The highest BCUT2D eigenvalue weighted by Crippen LogP contribution is 2.45. The topological polar surface area (TPSA) is 38.3 Å². The molecule has 0 aliphatic heterocycles. The summed E-state index contributed by atoms with van der Waals surface area (Å²) in [5.41, 5.74) is 2.03. The number of carbonyl (C=O) groups excluding carboxylic acids is 1. The van der Waals surface area contributed by atoms with Gasteiger partial charge in [0.05, 0.1) is 12.0 Å². The second-order valence-corrected chi connectivity index (χ2v) is 8.90. The molecule has 1 fully saturated rings. The summed E-state index contributed by atoms with van der Waals surface area (Å²) < 4.78 is 5.83. The molecule has 0 aromatic heterocycles. The number of ether oxygens (including phenoxy) is 1. The number of hydrogen-bond acceptors (Lipinski definition) is 2. The smallest absolute Gasteiger partial charge is 0.235 e. The predicted octanol–water partition coefficient (Wildman–Crippen LogP) is 6.79. The predicted molar refractivity (Wildman–Crippen MR) is 117 cm³/mol. The van der Waals surface area contributed by atoms with E-state index in [2.05, 4.69) is 19.2 Å². The van der Waals surface area contributed by atoms with E-state index >= 15 is 0 Å². The monoisotopic (exact) mass is 419 g/mol. The van der Waals surface area contributed by atoms with Gasteiger partial charge in [-0.05, 0) is 67.1 Å². The molecule has 0 bridgehead atoms. The molecule has 1 aliphatic carbocycles. The van der Waals surface area contributed by atoms with Gasteiger partial charge in [-0.25, -0.2) is 0 Å². The second kappa shape index (κ2) is 8.75. The third kappa shape index (κ3) is 4.47. The minimum Gasteiger partial charge on any atom is -0.493 e. The maximum Gasteiger partial charge on any atom is 0.235 e. The van der Waals surface area contributed by atoms with Crippen molar-refractivity contribution in [2.45, 2.75) is 51.9 Å². The van der Waals surface area contributed by atoms with Crippen molar-refractivity contribution < 1.29 is 9.53 Å². The first kappa shape index (κ1) is 21.0. The van der Waals surface area contributed by atoms with Crippen molar-refractivity contribution in [3.05, 3.63) is 57.6 Å². The minimum atomic E-state index is -0.609. The number of nitrogens with one attached hydrogen (secondary N) is 1. The largest absolute Gasteiger partial charge is 0.493 e. The van der Waals surface area contributed by atoms with Gasteiger partial charge in [-0.1, -0.05) is 56.0 Å². The van der Waals surface area contributed by atoms with E-state index in [9.17, 15) is 4.79 Å². The lowest BCUT2D eigenvalue weighted by molar-refractivity contribution is -0.121. The van der Waals surface area contributed by atoms with Gasteiger partial charge in [0.2, 0.25) is 5.91 Å². The SMILES string of the molecule is Cc1cc(NC(=O)C2(c3ccc(Cl)cc3Cl)CCCC2)ccc1OCC(C)C. The molecule has 2 aromatic rings. The fourth-order valence-corrected chi connectivity index (χ4v) is 4.46. The van der Waals surface area contributed by atoms with Crippen LogP contribution in [0.15, 0.2) is 36.4 Å². The van der Waals surface area contributed by atoms with Crippen molar-refractivity contribution in [1.82, 2.24) is 0 Å². The summed E-state index contributed by atoms with van der Waals surface area (Å²) in [5, 5.41) is 4.24. The molecule has 3 nitrogen and oxygen atoms in total. The van der Waals surface area contributed by atoms with Crippen LogP contribution in [0.25, 0.3) is 0 Å². The standard InChI is InChI=1S/C23H27Cl2NO2/c1-15(2)14-28-21-9-7-18(12-16(21)3)26-22(27)23(10-4-5-11-23)19-8-6-17(24)13-20(19)25/h6-9,12-13,15H,4-5,10-11,14H2,1-3H3,(H,26,27). The van der Waals surface area contributed by atoms with Gasteiger partial charge in [0.15, 0.2) is 0 Å². The number of aryl methyl sites for hydroxylation is 1. The quantitative estimate of drug-likeness (QED) is 0.559. The van der Waals surface area contributed by atoms with Crippen molar-refractivity contribution in [3.8, 4) is 5.75 Å². The lowest BCUT2D eigenvalue weighted by atomic mass is 9.78. The maximum atomic E-state index is 13.4. The second-order valence-electron chi connectivity index (χ2n) is 8.05. The Morgan fingerprint density at radius 1 is 1.14 bits per heavy atom. The van der Waals surface area contributed by atoms with Gasteiger partial charge in [-0.3, -0.25) is 4.79 Å². The Labute approximate surface area is 177 Å². The zero-order chi connectivity index (χ0) is 20.3. The lowest BCUT2D eigenvalue weighted by Gasteiger charge is -2.29. The van der Waals surface area contributed by atoms with Crippen molar-refractivity contribution >= 4 is 34.8 Å². The molecule has 0 saturated heterocycles. The molecule has 1 N–H and O–H groups in total. The van der Waals surface area contributed by atoms with Crippen LogP contribution < -0.4 is 10.1 Å². The normalized spacial score (nSPS) is 15.6. The van der Waals surface area contributed by atoms with Crippen LogP contribution in [0.5, 0.6) is 5.75 Å². The third-order valence-corrected chi connectivity index (χ3v) is 5.89. The van der Waals surface area contributed by atoms with Crippen LogP contribution in [0.4, 0.5) is 5.69 Å². The molecule has 2 aromatic carbocycles. The molecular formula is C23H27Cl2NO2. The van der Waals surface area contributed by atoms with Gasteiger partial charge < -0.3 is 10.1 Å². The molecule has 1 aliphatic rings. The van der Waals surface area contributed by atoms with E-state index in [4.69, 9.17) is 27.9 Å². The number of benzene rings is 2. The molecule has 1 amide bonds. The first-order valence-corrected chi connectivity index (χ1v) is 10.6. The van der Waals surface area contributed by atoms with E-state index in [0.29, 0.717) is 22.6 Å². The third-order valence-electron chi connectivity index (χ3n) is 5.34. The summed E-state index contributed by atoms with van der Waals surface area (Å²) in [7, 11) is 0. The summed E-state index contributed by atoms with van der Waals surface area (Å²) in [6.07, 6.45) is 3.59. The van der Waals surface area contributed by atoms with E-state index in [1.807, 2.05) is 31.2 Å². The number of anilines is 1. The van der Waals surface area contributed by atoms with E-state index in [-0.39, 0.29) is 5.91 Å². The molecule has 1 saturated carbocycles. The number of hydrogen-bond donors (Lipinski definition) is 1. The highest BCUT2D eigenvalue weighted by atomic mass is 35.5. The Morgan fingerprint density at radius 2 is 1.86 bits per heavy atom. The van der Waals surface area contributed by atoms with Crippen LogP contribution in [-0.2, 0) is 10.2 Å². The van der Waals surface area contributed by atoms with E-state index < -0.39 is 5.41 Å². The maximum absolute atomic E-state index is 13.4. The summed E-state index contributed by atoms with van der Waals surface area (Å²) >= 11 is 12.5. The first-order valence-electron chi connectivity index (χ1n) is 9.82. The molecule has 5 heteroatoms. The van der Waals surface area contributed by atoms with E-state index in [0.717, 1.165) is 48.2 Å². The Kier molecular flexibility index (Phi) is 6.57. The van der Waals surface area contributed by atoms with Crippen LogP contribution in [0.3, 0.4) is 0 Å². The number of carbonyl (C=O) groups is 1. The first-order chi connectivity index (χ1) is 13.3. The Hall–Kier alpha value is -1.71. The Morgan fingerprint density at radius 3 is 2.46 bits per heavy atom. The van der Waals surface area contributed by atoms with Gasteiger partial charge in [0.1, 0.15) is 5.75 Å². The zero-order valence-electron chi connectivity index (χ0n) is 16.6. The van der Waals surface area contributed by atoms with Crippen LogP contribution in [0.2, 0.25) is 10.0 Å².